The van der Waals surface area contributed by atoms with Gasteiger partial charge in [-0.15, -0.1) is 0 Å². The maximum absolute atomic E-state index is 10.6. The molecule has 0 aliphatic rings. The largest absolute Gasteiger partial charge is 0.469 e. The van der Waals surface area contributed by atoms with Crippen molar-refractivity contribution in [2.45, 2.75) is 53.1 Å². The second-order valence-electron chi connectivity index (χ2n) is 3.87. The highest BCUT2D eigenvalue weighted by atomic mass is 16.6. The first-order chi connectivity index (χ1) is 6.76. The van der Waals surface area contributed by atoms with E-state index >= 15 is 0 Å². The molecule has 4 heteroatoms. The molecule has 4 nitrogen and oxygen atoms in total. The summed E-state index contributed by atoms with van der Waals surface area (Å²) < 4.78 is 9.21. The zero-order valence-electron chi connectivity index (χ0n) is 10.5. The average Bonchev–Trinajstić information content (AvgIpc) is 2.15. The number of hydrogen-bond acceptors (Lipinski definition) is 4. The monoisotopic (exact) mass is 218 g/mol. The number of ether oxygens (including phenoxy) is 2. The van der Waals surface area contributed by atoms with Crippen LogP contribution < -0.4 is 0 Å². The van der Waals surface area contributed by atoms with Gasteiger partial charge in [0.15, 0.2) is 0 Å². The zero-order valence-corrected chi connectivity index (χ0v) is 10.5. The minimum atomic E-state index is -0.326. The van der Waals surface area contributed by atoms with Crippen molar-refractivity contribution in [1.82, 2.24) is 0 Å². The first kappa shape index (κ1) is 16.4. The number of carbonyl (C=O) groups is 2. The highest BCUT2D eigenvalue weighted by Gasteiger charge is 2.13. The fourth-order valence-corrected chi connectivity index (χ4v) is 0.558. The van der Waals surface area contributed by atoms with Gasteiger partial charge in [-0.2, -0.15) is 0 Å². The van der Waals surface area contributed by atoms with E-state index in [-0.39, 0.29) is 17.5 Å². The molecule has 15 heavy (non-hydrogen) atoms. The molecular weight excluding hydrogens is 196 g/mol. The van der Waals surface area contributed by atoms with Crippen molar-refractivity contribution in [3.05, 3.63) is 0 Å². The number of esters is 2. The van der Waals surface area contributed by atoms with E-state index in [0.717, 1.165) is 0 Å². The third-order valence-corrected chi connectivity index (χ3v) is 1.23. The molecule has 90 valence electrons. The smallest absolute Gasteiger partial charge is 0.306 e. The second kappa shape index (κ2) is 8.26. The molecule has 0 bridgehead atoms. The van der Waals surface area contributed by atoms with Crippen LogP contribution >= 0.6 is 0 Å². The third kappa shape index (κ3) is 15.7. The summed E-state index contributed by atoms with van der Waals surface area (Å²) in [5.41, 5.74) is -0.326. The predicted octanol–water partition coefficient (Wildman–Crippen LogP) is 2.31. The Bertz CT molecular complexity index is 185. The van der Waals surface area contributed by atoms with E-state index < -0.39 is 0 Å². The number of hydrogen-bond donors (Lipinski definition) is 0. The highest BCUT2D eigenvalue weighted by Crippen LogP contribution is 2.07. The molecule has 0 radical (unpaired) electrons. The van der Waals surface area contributed by atoms with Crippen molar-refractivity contribution in [1.29, 1.82) is 0 Å². The molecule has 0 saturated heterocycles. The first-order valence-electron chi connectivity index (χ1n) is 5.05. The normalized spacial score (nSPS) is 9.73. The van der Waals surface area contributed by atoms with Gasteiger partial charge in [0, 0.05) is 12.8 Å². The minimum absolute atomic E-state index is 0.137. The summed E-state index contributed by atoms with van der Waals surface area (Å²) in [5, 5.41) is 0. The van der Waals surface area contributed by atoms with E-state index in [1.807, 2.05) is 20.8 Å². The van der Waals surface area contributed by atoms with Crippen LogP contribution in [0, 0.1) is 0 Å². The van der Waals surface area contributed by atoms with Gasteiger partial charge in [0.1, 0.15) is 5.60 Å². The maximum atomic E-state index is 10.6. The molecule has 0 N–H and O–H groups in total. The van der Waals surface area contributed by atoms with Gasteiger partial charge < -0.3 is 9.47 Å². The minimum Gasteiger partial charge on any atom is -0.469 e. The summed E-state index contributed by atoms with van der Waals surface area (Å²) in [4.78, 5) is 20.6. The summed E-state index contributed by atoms with van der Waals surface area (Å²) in [7, 11) is 1.38. The molecule has 0 spiro atoms. The lowest BCUT2D eigenvalue weighted by atomic mass is 10.2. The summed E-state index contributed by atoms with van der Waals surface area (Å²) in [6.07, 6.45) is 0.924. The van der Waals surface area contributed by atoms with Crippen LogP contribution in [0.25, 0.3) is 0 Å². The molecule has 0 aromatic carbocycles. The standard InChI is InChI=1S/C7H14O2.C4H8O2/c1-5-6(8)9-7(2,3)4;1-3-4(5)6-2/h5H2,1-4H3;3H2,1-2H3. The molecule has 0 atom stereocenters. The lowest BCUT2D eigenvalue weighted by Gasteiger charge is -2.18. The Morgan fingerprint density at radius 3 is 1.47 bits per heavy atom. The predicted molar refractivity (Wildman–Crippen MR) is 58.4 cm³/mol. The van der Waals surface area contributed by atoms with Gasteiger partial charge in [-0.25, -0.2) is 0 Å². The molecule has 0 aliphatic carbocycles. The van der Waals surface area contributed by atoms with Crippen molar-refractivity contribution in [2.24, 2.45) is 0 Å². The van der Waals surface area contributed by atoms with Gasteiger partial charge in [-0.05, 0) is 20.8 Å². The number of carbonyl (C=O) groups excluding carboxylic acids is 2. The van der Waals surface area contributed by atoms with Crippen molar-refractivity contribution >= 4 is 11.9 Å². The van der Waals surface area contributed by atoms with Crippen molar-refractivity contribution in [2.75, 3.05) is 7.11 Å². The number of methoxy groups -OCH3 is 1. The van der Waals surface area contributed by atoms with Crippen LogP contribution in [0.1, 0.15) is 47.5 Å². The highest BCUT2D eigenvalue weighted by molar-refractivity contribution is 5.69. The van der Waals surface area contributed by atoms with Gasteiger partial charge >= 0.3 is 11.9 Å². The third-order valence-electron chi connectivity index (χ3n) is 1.23. The SMILES string of the molecule is CCC(=O)OC.CCC(=O)OC(C)(C)C. The Balaban J connectivity index is 0. The Morgan fingerprint density at radius 2 is 1.40 bits per heavy atom. The summed E-state index contributed by atoms with van der Waals surface area (Å²) >= 11 is 0. The topological polar surface area (TPSA) is 52.6 Å². The fraction of sp³-hybridized carbons (Fsp3) is 0.818. The molecule has 0 heterocycles. The summed E-state index contributed by atoms with van der Waals surface area (Å²) in [6, 6.07) is 0. The van der Waals surface area contributed by atoms with E-state index in [2.05, 4.69) is 4.74 Å². The first-order valence-corrected chi connectivity index (χ1v) is 5.05. The van der Waals surface area contributed by atoms with E-state index in [1.165, 1.54) is 7.11 Å². The molecule has 0 amide bonds. The lowest BCUT2D eigenvalue weighted by molar-refractivity contribution is -0.154. The van der Waals surface area contributed by atoms with E-state index in [4.69, 9.17) is 4.74 Å². The van der Waals surface area contributed by atoms with Crippen LogP contribution in [0.2, 0.25) is 0 Å². The van der Waals surface area contributed by atoms with Crippen LogP contribution in [0.4, 0.5) is 0 Å². The molecule has 0 unspecified atom stereocenters. The molecule has 0 rings (SSSR count). The molecular formula is C11H22O4. The number of rotatable bonds is 2. The van der Waals surface area contributed by atoms with E-state index in [1.54, 1.807) is 13.8 Å². The van der Waals surface area contributed by atoms with Crippen LogP contribution in [0.5, 0.6) is 0 Å². The molecule has 0 aromatic rings. The zero-order chi connectivity index (χ0) is 12.5. The molecule has 0 fully saturated rings. The average molecular weight is 218 g/mol. The summed E-state index contributed by atoms with van der Waals surface area (Å²) in [5.74, 6) is -0.294. The molecule has 0 saturated carbocycles. The van der Waals surface area contributed by atoms with Crippen molar-refractivity contribution < 1.29 is 19.1 Å². The Hall–Kier alpha value is -1.06. The van der Waals surface area contributed by atoms with E-state index in [9.17, 15) is 9.59 Å². The van der Waals surface area contributed by atoms with Gasteiger partial charge in [-0.1, -0.05) is 13.8 Å². The lowest BCUT2D eigenvalue weighted by Crippen LogP contribution is -2.23. The quantitative estimate of drug-likeness (QED) is 0.667. The Kier molecular flexibility index (Phi) is 9.02. The maximum Gasteiger partial charge on any atom is 0.306 e. The second-order valence-corrected chi connectivity index (χ2v) is 3.87. The van der Waals surface area contributed by atoms with Gasteiger partial charge in [0.2, 0.25) is 0 Å². The molecule has 0 aromatic heterocycles. The molecule has 0 aliphatic heterocycles. The van der Waals surface area contributed by atoms with Gasteiger partial charge in [0.25, 0.3) is 0 Å². The van der Waals surface area contributed by atoms with Crippen LogP contribution in [0.3, 0.4) is 0 Å². The van der Waals surface area contributed by atoms with Gasteiger partial charge in [-0.3, -0.25) is 9.59 Å². The van der Waals surface area contributed by atoms with E-state index in [0.29, 0.717) is 12.8 Å². The van der Waals surface area contributed by atoms with Crippen LogP contribution in [-0.4, -0.2) is 24.6 Å². The van der Waals surface area contributed by atoms with Crippen LogP contribution in [-0.2, 0) is 19.1 Å². The van der Waals surface area contributed by atoms with Gasteiger partial charge in [0.05, 0.1) is 7.11 Å². The Labute approximate surface area is 91.9 Å². The van der Waals surface area contributed by atoms with Crippen molar-refractivity contribution in [3.8, 4) is 0 Å². The fourth-order valence-electron chi connectivity index (χ4n) is 0.558. The van der Waals surface area contributed by atoms with Crippen LogP contribution in [0.15, 0.2) is 0 Å². The summed E-state index contributed by atoms with van der Waals surface area (Å²) in [6.45, 7) is 9.13. The Morgan fingerprint density at radius 1 is 1.00 bits per heavy atom. The van der Waals surface area contributed by atoms with Crippen molar-refractivity contribution in [3.63, 3.8) is 0 Å².